The van der Waals surface area contributed by atoms with Crippen LogP contribution in [-0.2, 0) is 20.8 Å². The van der Waals surface area contributed by atoms with E-state index in [1.54, 1.807) is 0 Å². The normalized spacial score (nSPS) is 23.5. The molecule has 7 nitrogen and oxygen atoms in total. The fourth-order valence-electron chi connectivity index (χ4n) is 5.63. The van der Waals surface area contributed by atoms with Crippen LogP contribution in [0.15, 0.2) is 41.3 Å². The molecule has 1 aliphatic heterocycles. The van der Waals surface area contributed by atoms with Crippen molar-refractivity contribution in [3.63, 3.8) is 0 Å². The number of rotatable bonds is 7. The zero-order chi connectivity index (χ0) is 28.3. The average molecular weight is 569 g/mol. The number of ether oxygens (including phenoxy) is 1. The minimum absolute atomic E-state index is 0.00935. The van der Waals surface area contributed by atoms with Gasteiger partial charge in [0.25, 0.3) is 5.91 Å². The SMILES string of the molecule is COc1ccc(S(C)(=O)=O)cc1C(=O)N1[C@@H](C(=O)N[C@@H](c2ccc(C(F)(F)F)cc2F)C2CCC2)C[C@H]2C[C@H]21. The standard InChI is InChI=1S/C27H28F4N2O5S/c1-38-23-9-7-17(39(2,36)37)13-19(23)26(35)33-21-10-15(21)11-22(33)25(34)32-24(14-4-3-5-14)18-8-6-16(12-20(18)28)27(29,30)31/h6-9,12-15,21-22,24H,3-5,10-11H2,1-2H3,(H,32,34)/t15-,21-,22-,24-/m1/s1. The number of hydrogen-bond donors (Lipinski definition) is 1. The molecule has 0 bridgehead atoms. The number of halogens is 4. The molecule has 2 saturated carbocycles. The lowest BCUT2D eigenvalue weighted by Gasteiger charge is -2.36. The van der Waals surface area contributed by atoms with Gasteiger partial charge in [-0.25, -0.2) is 12.8 Å². The van der Waals surface area contributed by atoms with Crippen LogP contribution in [0.2, 0.25) is 0 Å². The third kappa shape index (κ3) is 5.22. The molecule has 0 aromatic heterocycles. The maximum Gasteiger partial charge on any atom is 0.416 e. The van der Waals surface area contributed by atoms with Crippen molar-refractivity contribution < 1.29 is 40.3 Å². The molecule has 2 aliphatic carbocycles. The summed E-state index contributed by atoms with van der Waals surface area (Å²) in [5, 5.41) is 2.84. The van der Waals surface area contributed by atoms with E-state index in [4.69, 9.17) is 4.74 Å². The van der Waals surface area contributed by atoms with Crippen molar-refractivity contribution in [3.05, 3.63) is 58.9 Å². The van der Waals surface area contributed by atoms with Crippen LogP contribution in [0.3, 0.4) is 0 Å². The summed E-state index contributed by atoms with van der Waals surface area (Å²) in [6, 6.07) is 4.32. The van der Waals surface area contributed by atoms with Gasteiger partial charge in [0.2, 0.25) is 5.91 Å². The maximum atomic E-state index is 14.9. The first-order valence-electron chi connectivity index (χ1n) is 12.7. The summed E-state index contributed by atoms with van der Waals surface area (Å²) in [6.45, 7) is 0. The van der Waals surface area contributed by atoms with Crippen LogP contribution in [0, 0.1) is 17.7 Å². The molecular weight excluding hydrogens is 540 g/mol. The summed E-state index contributed by atoms with van der Waals surface area (Å²) in [7, 11) is -2.27. The molecule has 2 aromatic rings. The first-order chi connectivity index (χ1) is 18.3. The van der Waals surface area contributed by atoms with Gasteiger partial charge in [0.05, 0.1) is 29.2 Å². The molecule has 4 atom stereocenters. The number of alkyl halides is 3. The quantitative estimate of drug-likeness (QED) is 0.496. The van der Waals surface area contributed by atoms with Gasteiger partial charge in [-0.2, -0.15) is 13.2 Å². The van der Waals surface area contributed by atoms with Gasteiger partial charge in [0, 0.05) is 17.9 Å². The number of carbonyl (C=O) groups is 2. The molecule has 0 unspecified atom stereocenters. The number of amides is 2. The molecule has 210 valence electrons. The number of fused-ring (bicyclic) bond motifs is 1. The number of likely N-dealkylation sites (tertiary alicyclic amines) is 1. The van der Waals surface area contributed by atoms with Crippen LogP contribution in [0.4, 0.5) is 17.6 Å². The monoisotopic (exact) mass is 568 g/mol. The summed E-state index contributed by atoms with van der Waals surface area (Å²) in [6.07, 6.45) is -0.387. The fourth-order valence-corrected chi connectivity index (χ4v) is 6.28. The molecule has 1 heterocycles. The highest BCUT2D eigenvalue weighted by molar-refractivity contribution is 7.90. The Morgan fingerprint density at radius 3 is 2.38 bits per heavy atom. The molecule has 2 amide bonds. The van der Waals surface area contributed by atoms with E-state index in [-0.39, 0.29) is 39.6 Å². The van der Waals surface area contributed by atoms with Crippen LogP contribution >= 0.6 is 0 Å². The van der Waals surface area contributed by atoms with E-state index in [0.717, 1.165) is 24.8 Å². The Hall–Kier alpha value is -3.15. The second kappa shape index (κ2) is 9.79. The Morgan fingerprint density at radius 2 is 1.82 bits per heavy atom. The van der Waals surface area contributed by atoms with Gasteiger partial charge in [0.1, 0.15) is 17.6 Å². The first-order valence-corrected chi connectivity index (χ1v) is 14.6. The van der Waals surface area contributed by atoms with Gasteiger partial charge in [0.15, 0.2) is 9.84 Å². The second-order valence-electron chi connectivity index (χ2n) is 10.6. The van der Waals surface area contributed by atoms with Gasteiger partial charge in [-0.1, -0.05) is 12.5 Å². The molecule has 3 aliphatic rings. The topological polar surface area (TPSA) is 92.8 Å². The minimum Gasteiger partial charge on any atom is -0.496 e. The number of piperidine rings is 1. The lowest BCUT2D eigenvalue weighted by atomic mass is 9.76. The number of sulfone groups is 1. The number of hydrogen-bond acceptors (Lipinski definition) is 5. The van der Waals surface area contributed by atoms with Crippen molar-refractivity contribution in [3.8, 4) is 5.75 Å². The number of nitrogens with zero attached hydrogens (tertiary/aromatic N) is 1. The van der Waals surface area contributed by atoms with Crippen LogP contribution in [0.5, 0.6) is 5.75 Å². The maximum absolute atomic E-state index is 14.9. The number of benzene rings is 2. The number of methoxy groups -OCH3 is 1. The Morgan fingerprint density at radius 1 is 1.10 bits per heavy atom. The molecule has 0 radical (unpaired) electrons. The summed E-state index contributed by atoms with van der Waals surface area (Å²) in [5.41, 5.74) is -1.12. The second-order valence-corrected chi connectivity index (χ2v) is 12.6. The van der Waals surface area contributed by atoms with Gasteiger partial charge < -0.3 is 15.0 Å². The van der Waals surface area contributed by atoms with Crippen molar-refractivity contribution in [2.75, 3.05) is 13.4 Å². The lowest BCUT2D eigenvalue weighted by Crippen LogP contribution is -2.50. The predicted molar refractivity (Wildman–Crippen MR) is 132 cm³/mol. The lowest BCUT2D eigenvalue weighted by molar-refractivity contribution is -0.137. The first kappa shape index (κ1) is 27.4. The van der Waals surface area contributed by atoms with Crippen molar-refractivity contribution in [1.82, 2.24) is 10.2 Å². The molecular formula is C27H28F4N2O5S. The predicted octanol–water partition coefficient (Wildman–Crippen LogP) is 4.52. The number of carbonyl (C=O) groups excluding carboxylic acids is 2. The van der Waals surface area contributed by atoms with E-state index in [2.05, 4.69) is 5.32 Å². The molecule has 5 rings (SSSR count). The van der Waals surface area contributed by atoms with E-state index in [0.29, 0.717) is 31.7 Å². The summed E-state index contributed by atoms with van der Waals surface area (Å²) >= 11 is 0. The van der Waals surface area contributed by atoms with Gasteiger partial charge in [-0.3, -0.25) is 9.59 Å². The number of nitrogens with one attached hydrogen (secondary N) is 1. The zero-order valence-electron chi connectivity index (χ0n) is 21.3. The van der Waals surface area contributed by atoms with Crippen LogP contribution in [0.1, 0.15) is 59.6 Å². The van der Waals surface area contributed by atoms with Crippen molar-refractivity contribution >= 4 is 21.7 Å². The fraction of sp³-hybridized carbons (Fsp3) is 0.481. The average Bonchev–Trinajstić information content (AvgIpc) is 3.49. The summed E-state index contributed by atoms with van der Waals surface area (Å²) in [5.74, 6) is -2.01. The van der Waals surface area contributed by atoms with E-state index >= 15 is 0 Å². The smallest absolute Gasteiger partial charge is 0.416 e. The van der Waals surface area contributed by atoms with Gasteiger partial charge in [-0.15, -0.1) is 0 Å². The molecule has 2 aromatic carbocycles. The highest BCUT2D eigenvalue weighted by atomic mass is 32.2. The Balaban J connectivity index is 1.42. The van der Waals surface area contributed by atoms with E-state index in [1.807, 2.05) is 0 Å². The van der Waals surface area contributed by atoms with Crippen molar-refractivity contribution in [1.29, 1.82) is 0 Å². The van der Waals surface area contributed by atoms with E-state index < -0.39 is 51.3 Å². The molecule has 3 fully saturated rings. The molecule has 12 heteroatoms. The molecule has 39 heavy (non-hydrogen) atoms. The van der Waals surface area contributed by atoms with E-state index in [1.165, 1.54) is 30.2 Å². The highest BCUT2D eigenvalue weighted by Crippen LogP contribution is 2.49. The Bertz CT molecular complexity index is 1420. The molecule has 1 N–H and O–H groups in total. The Kier molecular flexibility index (Phi) is 6.89. The zero-order valence-corrected chi connectivity index (χ0v) is 22.1. The van der Waals surface area contributed by atoms with Gasteiger partial charge in [-0.05, 0) is 67.9 Å². The third-order valence-electron chi connectivity index (χ3n) is 8.05. The largest absolute Gasteiger partial charge is 0.496 e. The van der Waals surface area contributed by atoms with Crippen molar-refractivity contribution in [2.24, 2.45) is 11.8 Å². The van der Waals surface area contributed by atoms with Crippen LogP contribution < -0.4 is 10.1 Å². The van der Waals surface area contributed by atoms with Gasteiger partial charge >= 0.3 is 6.18 Å². The van der Waals surface area contributed by atoms with E-state index in [9.17, 15) is 35.6 Å². The van der Waals surface area contributed by atoms with Crippen LogP contribution in [0.25, 0.3) is 0 Å². The highest BCUT2D eigenvalue weighted by Gasteiger charge is 2.56. The minimum atomic E-state index is -4.70. The summed E-state index contributed by atoms with van der Waals surface area (Å²) in [4.78, 5) is 28.6. The third-order valence-corrected chi connectivity index (χ3v) is 9.16. The van der Waals surface area contributed by atoms with Crippen LogP contribution in [-0.4, -0.2) is 50.6 Å². The molecule has 1 saturated heterocycles. The summed E-state index contributed by atoms with van der Waals surface area (Å²) < 4.78 is 83.7. The molecule has 0 spiro atoms. The Labute approximate surface area is 223 Å². The van der Waals surface area contributed by atoms with Crippen molar-refractivity contribution in [2.45, 2.75) is 61.3 Å².